The van der Waals surface area contributed by atoms with E-state index in [0.29, 0.717) is 22.8 Å². The van der Waals surface area contributed by atoms with E-state index in [0.717, 1.165) is 16.7 Å². The first-order chi connectivity index (χ1) is 10.2. The van der Waals surface area contributed by atoms with Crippen molar-refractivity contribution < 1.29 is 14.2 Å². The lowest BCUT2D eigenvalue weighted by Gasteiger charge is -2.18. The first-order valence-corrected chi connectivity index (χ1v) is 6.47. The molecule has 0 aliphatic heterocycles. The smallest absolute Gasteiger partial charge is 0.204 e. The van der Waals surface area contributed by atoms with Gasteiger partial charge in [0.05, 0.1) is 26.9 Å². The number of nitriles is 1. The van der Waals surface area contributed by atoms with Crippen LogP contribution in [0.4, 0.5) is 0 Å². The van der Waals surface area contributed by atoms with Crippen molar-refractivity contribution in [2.24, 2.45) is 0 Å². The number of hydrogen-bond donors (Lipinski definition) is 0. The Labute approximate surface area is 124 Å². The number of nitrogens with zero attached hydrogens (tertiary/aromatic N) is 1. The van der Waals surface area contributed by atoms with Crippen LogP contribution in [-0.4, -0.2) is 21.3 Å². The maximum Gasteiger partial charge on any atom is 0.204 e. The highest BCUT2D eigenvalue weighted by Crippen LogP contribution is 2.47. The quantitative estimate of drug-likeness (QED) is 0.861. The monoisotopic (exact) mass is 283 g/mol. The average Bonchev–Trinajstić information content (AvgIpc) is 2.53. The molecule has 0 unspecified atom stereocenters. The first kappa shape index (κ1) is 14.7. The second-order valence-electron chi connectivity index (χ2n) is 4.49. The Morgan fingerprint density at radius 3 is 2.14 bits per heavy atom. The average molecular weight is 283 g/mol. The van der Waals surface area contributed by atoms with E-state index in [1.165, 1.54) is 7.11 Å². The molecule has 4 heteroatoms. The van der Waals surface area contributed by atoms with E-state index < -0.39 is 0 Å². The molecule has 0 aromatic heterocycles. The zero-order valence-corrected chi connectivity index (χ0v) is 12.6. The predicted octanol–water partition coefficient (Wildman–Crippen LogP) is 3.56. The Bertz CT molecular complexity index is 702. The van der Waals surface area contributed by atoms with Crippen molar-refractivity contribution in [2.45, 2.75) is 6.92 Å². The lowest BCUT2D eigenvalue weighted by Crippen LogP contribution is -2.00. The molecule has 2 rings (SSSR count). The summed E-state index contributed by atoms with van der Waals surface area (Å²) in [6, 6.07) is 11.7. The number of methoxy groups -OCH3 is 3. The SMILES string of the molecule is COc1cc(C#N)c(-c2ccccc2C)c(OC)c1OC. The van der Waals surface area contributed by atoms with Crippen molar-refractivity contribution >= 4 is 0 Å². The molecule has 4 nitrogen and oxygen atoms in total. The Morgan fingerprint density at radius 1 is 0.952 bits per heavy atom. The van der Waals surface area contributed by atoms with Crippen molar-refractivity contribution in [1.29, 1.82) is 5.26 Å². The van der Waals surface area contributed by atoms with Crippen LogP contribution in [0.5, 0.6) is 17.2 Å². The molecule has 0 amide bonds. The van der Waals surface area contributed by atoms with E-state index >= 15 is 0 Å². The van der Waals surface area contributed by atoms with Gasteiger partial charge in [-0.1, -0.05) is 24.3 Å². The standard InChI is InChI=1S/C17H17NO3/c1-11-7-5-6-8-13(11)15-12(10-18)9-14(19-2)16(20-3)17(15)21-4/h5-9H,1-4H3. The Kier molecular flexibility index (Phi) is 4.34. The fourth-order valence-electron chi connectivity index (χ4n) is 2.37. The number of aryl methyl sites for hydroxylation is 1. The van der Waals surface area contributed by atoms with E-state index in [9.17, 15) is 5.26 Å². The second kappa shape index (κ2) is 6.19. The predicted molar refractivity (Wildman–Crippen MR) is 81.0 cm³/mol. The maximum atomic E-state index is 9.47. The molecule has 0 atom stereocenters. The van der Waals surface area contributed by atoms with Crippen LogP contribution in [0.15, 0.2) is 30.3 Å². The largest absolute Gasteiger partial charge is 0.493 e. The van der Waals surface area contributed by atoms with Crippen LogP contribution in [0.3, 0.4) is 0 Å². The summed E-state index contributed by atoms with van der Waals surface area (Å²) < 4.78 is 16.2. The normalized spacial score (nSPS) is 9.86. The van der Waals surface area contributed by atoms with E-state index in [4.69, 9.17) is 14.2 Å². The minimum atomic E-state index is 0.475. The number of ether oxygens (including phenoxy) is 3. The van der Waals surface area contributed by atoms with Gasteiger partial charge in [0.25, 0.3) is 0 Å². The molecule has 0 fully saturated rings. The third-order valence-electron chi connectivity index (χ3n) is 3.36. The molecule has 0 aliphatic carbocycles. The van der Waals surface area contributed by atoms with Gasteiger partial charge in [-0.05, 0) is 18.1 Å². The van der Waals surface area contributed by atoms with Crippen LogP contribution in [0.2, 0.25) is 0 Å². The Morgan fingerprint density at radius 2 is 1.62 bits per heavy atom. The van der Waals surface area contributed by atoms with Gasteiger partial charge in [0.1, 0.15) is 6.07 Å². The van der Waals surface area contributed by atoms with Crippen LogP contribution >= 0.6 is 0 Å². The van der Waals surface area contributed by atoms with Gasteiger partial charge in [-0.15, -0.1) is 0 Å². The number of rotatable bonds is 4. The van der Waals surface area contributed by atoms with Crippen LogP contribution in [-0.2, 0) is 0 Å². The summed E-state index contributed by atoms with van der Waals surface area (Å²) in [6.45, 7) is 1.99. The molecule has 2 aromatic rings. The fourth-order valence-corrected chi connectivity index (χ4v) is 2.37. The summed E-state index contributed by atoms with van der Waals surface area (Å²) in [6.07, 6.45) is 0. The number of hydrogen-bond acceptors (Lipinski definition) is 4. The van der Waals surface area contributed by atoms with E-state index in [1.54, 1.807) is 20.3 Å². The minimum absolute atomic E-state index is 0.475. The van der Waals surface area contributed by atoms with E-state index in [2.05, 4.69) is 6.07 Å². The summed E-state index contributed by atoms with van der Waals surface area (Å²) in [5, 5.41) is 9.47. The van der Waals surface area contributed by atoms with Gasteiger partial charge in [-0.2, -0.15) is 5.26 Å². The molecule has 0 bridgehead atoms. The molecule has 108 valence electrons. The zero-order chi connectivity index (χ0) is 15.4. The van der Waals surface area contributed by atoms with Gasteiger partial charge in [0, 0.05) is 11.6 Å². The third-order valence-corrected chi connectivity index (χ3v) is 3.36. The number of benzene rings is 2. The zero-order valence-electron chi connectivity index (χ0n) is 12.6. The highest BCUT2D eigenvalue weighted by molar-refractivity contribution is 5.83. The van der Waals surface area contributed by atoms with Crippen LogP contribution in [0, 0.1) is 18.3 Å². The van der Waals surface area contributed by atoms with Crippen molar-refractivity contribution in [3.63, 3.8) is 0 Å². The summed E-state index contributed by atoms with van der Waals surface area (Å²) >= 11 is 0. The minimum Gasteiger partial charge on any atom is -0.493 e. The molecule has 0 spiro atoms. The summed E-state index contributed by atoms with van der Waals surface area (Å²) in [5.74, 6) is 1.46. The van der Waals surface area contributed by atoms with Crippen LogP contribution in [0.1, 0.15) is 11.1 Å². The van der Waals surface area contributed by atoms with Gasteiger partial charge in [0.2, 0.25) is 5.75 Å². The van der Waals surface area contributed by atoms with Crippen LogP contribution in [0.25, 0.3) is 11.1 Å². The van der Waals surface area contributed by atoms with E-state index in [-0.39, 0.29) is 0 Å². The molecule has 0 aliphatic rings. The van der Waals surface area contributed by atoms with Crippen LogP contribution < -0.4 is 14.2 Å². The van der Waals surface area contributed by atoms with E-state index in [1.807, 2.05) is 31.2 Å². The Balaban J connectivity index is 2.87. The van der Waals surface area contributed by atoms with Gasteiger partial charge in [-0.3, -0.25) is 0 Å². The lowest BCUT2D eigenvalue weighted by molar-refractivity contribution is 0.325. The van der Waals surface area contributed by atoms with Crippen molar-refractivity contribution in [1.82, 2.24) is 0 Å². The molecular weight excluding hydrogens is 266 g/mol. The molecule has 0 saturated carbocycles. The highest BCUT2D eigenvalue weighted by atomic mass is 16.5. The van der Waals surface area contributed by atoms with Gasteiger partial charge in [0.15, 0.2) is 11.5 Å². The molecule has 0 N–H and O–H groups in total. The van der Waals surface area contributed by atoms with Crippen molar-refractivity contribution in [3.05, 3.63) is 41.5 Å². The van der Waals surface area contributed by atoms with Crippen molar-refractivity contribution in [3.8, 4) is 34.4 Å². The Hall–Kier alpha value is -2.67. The lowest BCUT2D eigenvalue weighted by atomic mass is 9.94. The summed E-state index contributed by atoms with van der Waals surface area (Å²) in [7, 11) is 4.64. The highest BCUT2D eigenvalue weighted by Gasteiger charge is 2.22. The fraction of sp³-hybridized carbons (Fsp3) is 0.235. The topological polar surface area (TPSA) is 51.5 Å². The van der Waals surface area contributed by atoms with Crippen molar-refractivity contribution in [2.75, 3.05) is 21.3 Å². The molecule has 0 heterocycles. The van der Waals surface area contributed by atoms with Gasteiger partial charge in [-0.25, -0.2) is 0 Å². The molecule has 21 heavy (non-hydrogen) atoms. The molecule has 0 saturated heterocycles. The third kappa shape index (κ3) is 2.50. The first-order valence-electron chi connectivity index (χ1n) is 6.47. The van der Waals surface area contributed by atoms with Gasteiger partial charge >= 0.3 is 0 Å². The summed E-state index contributed by atoms with van der Waals surface area (Å²) in [5.41, 5.74) is 3.20. The van der Waals surface area contributed by atoms with Gasteiger partial charge < -0.3 is 14.2 Å². The molecule has 2 aromatic carbocycles. The molecule has 0 radical (unpaired) electrons. The molecular formula is C17H17NO3. The maximum absolute atomic E-state index is 9.47. The summed E-state index contributed by atoms with van der Waals surface area (Å²) in [4.78, 5) is 0. The second-order valence-corrected chi connectivity index (χ2v) is 4.49.